The molecule has 5 N–H and O–H groups in total. The first-order valence-electron chi connectivity index (χ1n) is 16.2. The number of primary amides is 1. The van der Waals surface area contributed by atoms with E-state index in [1.54, 1.807) is 24.3 Å². The molecule has 47 heavy (non-hydrogen) atoms. The van der Waals surface area contributed by atoms with Crippen LogP contribution < -0.4 is 21.7 Å². The van der Waals surface area contributed by atoms with Gasteiger partial charge in [0.1, 0.15) is 6.61 Å². The SMILES string of the molecule is CCCOCCOCCOCCOCCC(=O)NC(C(=O)CC(CCCNC(N)=O)C(=O)Nc1ccc(COC(C)=O)cc1)C(C)C. The third-order valence-corrected chi connectivity index (χ3v) is 6.78. The zero-order valence-electron chi connectivity index (χ0n) is 28.3. The largest absolute Gasteiger partial charge is 0.461 e. The lowest BCUT2D eigenvalue weighted by atomic mass is 9.89. The molecule has 0 saturated carbocycles. The standard InChI is InChI=1S/C33H54N4O10/c1-5-14-43-16-18-45-20-21-46-19-17-44-15-12-30(40)37-31(24(2)3)29(39)22-27(7-6-13-35-33(34)42)32(41)36-28-10-8-26(9-11-28)23-47-25(4)38/h8-11,24,27,31H,5-7,12-23H2,1-4H3,(H,36,41)(H,37,40)(H3,34,35,42). The highest BCUT2D eigenvalue weighted by Gasteiger charge is 2.29. The van der Waals surface area contributed by atoms with E-state index >= 15 is 0 Å². The molecule has 0 saturated heterocycles. The second-order valence-electron chi connectivity index (χ2n) is 11.3. The van der Waals surface area contributed by atoms with Crippen LogP contribution in [0.2, 0.25) is 0 Å². The second-order valence-corrected chi connectivity index (χ2v) is 11.3. The van der Waals surface area contributed by atoms with Crippen LogP contribution >= 0.6 is 0 Å². The van der Waals surface area contributed by atoms with Crippen LogP contribution in [0.25, 0.3) is 0 Å². The van der Waals surface area contributed by atoms with E-state index in [2.05, 4.69) is 16.0 Å². The molecule has 0 spiro atoms. The van der Waals surface area contributed by atoms with Gasteiger partial charge >= 0.3 is 12.0 Å². The first-order valence-corrected chi connectivity index (χ1v) is 16.2. The highest BCUT2D eigenvalue weighted by Crippen LogP contribution is 2.19. The Kier molecular flexibility index (Phi) is 22.5. The minimum atomic E-state index is -0.794. The summed E-state index contributed by atoms with van der Waals surface area (Å²) in [6.07, 6.45) is 1.64. The Hall–Kier alpha value is -3.59. The van der Waals surface area contributed by atoms with Crippen LogP contribution in [-0.2, 0) is 49.5 Å². The maximum atomic E-state index is 13.4. The third-order valence-electron chi connectivity index (χ3n) is 6.78. The van der Waals surface area contributed by atoms with Gasteiger partial charge in [0.25, 0.3) is 0 Å². The first kappa shape index (κ1) is 41.4. The van der Waals surface area contributed by atoms with E-state index in [1.807, 2.05) is 20.8 Å². The highest BCUT2D eigenvalue weighted by molar-refractivity contribution is 5.97. The monoisotopic (exact) mass is 666 g/mol. The van der Waals surface area contributed by atoms with E-state index in [1.165, 1.54) is 6.92 Å². The lowest BCUT2D eigenvalue weighted by Gasteiger charge is -2.24. The van der Waals surface area contributed by atoms with E-state index < -0.39 is 24.0 Å². The highest BCUT2D eigenvalue weighted by atomic mass is 16.6. The number of esters is 1. The van der Waals surface area contributed by atoms with Crippen molar-refractivity contribution in [2.75, 3.05) is 64.7 Å². The van der Waals surface area contributed by atoms with Crippen LogP contribution in [0.5, 0.6) is 0 Å². The zero-order chi connectivity index (χ0) is 34.9. The number of benzene rings is 1. The summed E-state index contributed by atoms with van der Waals surface area (Å²) in [5.74, 6) is -2.32. The molecule has 14 nitrogen and oxygen atoms in total. The quantitative estimate of drug-likeness (QED) is 0.0801. The molecule has 14 heteroatoms. The van der Waals surface area contributed by atoms with Crippen LogP contribution in [-0.4, -0.2) is 95.0 Å². The van der Waals surface area contributed by atoms with E-state index in [4.69, 9.17) is 29.4 Å². The number of nitrogens with one attached hydrogen (secondary N) is 3. The summed E-state index contributed by atoms with van der Waals surface area (Å²) in [6, 6.07) is 5.33. The van der Waals surface area contributed by atoms with Crippen LogP contribution in [0.15, 0.2) is 24.3 Å². The molecular weight excluding hydrogens is 612 g/mol. The molecule has 2 unspecified atom stereocenters. The van der Waals surface area contributed by atoms with Crippen molar-refractivity contribution in [3.63, 3.8) is 0 Å². The van der Waals surface area contributed by atoms with Gasteiger partial charge in [0.05, 0.1) is 52.3 Å². The Balaban J connectivity index is 2.57. The minimum Gasteiger partial charge on any atom is -0.461 e. The molecular formula is C33H54N4O10. The van der Waals surface area contributed by atoms with Gasteiger partial charge < -0.3 is 45.4 Å². The third kappa shape index (κ3) is 21.0. The number of ether oxygens (including phenoxy) is 5. The minimum absolute atomic E-state index is 0.0630. The van der Waals surface area contributed by atoms with Crippen LogP contribution in [0.3, 0.4) is 0 Å². The Morgan fingerprint density at radius 3 is 1.94 bits per heavy atom. The fraction of sp³-hybridized carbons (Fsp3) is 0.667. The molecule has 1 aromatic rings. The number of carbonyl (C=O) groups excluding carboxylic acids is 5. The van der Waals surface area contributed by atoms with Crippen molar-refractivity contribution >= 4 is 35.3 Å². The number of amides is 4. The Morgan fingerprint density at radius 1 is 0.830 bits per heavy atom. The Labute approximate surface area is 278 Å². The van der Waals surface area contributed by atoms with Crippen molar-refractivity contribution in [1.82, 2.24) is 10.6 Å². The first-order chi connectivity index (χ1) is 22.5. The van der Waals surface area contributed by atoms with Gasteiger partial charge in [0, 0.05) is 44.5 Å². The van der Waals surface area contributed by atoms with Gasteiger partial charge in [0.2, 0.25) is 11.8 Å². The van der Waals surface area contributed by atoms with E-state index in [-0.39, 0.29) is 56.1 Å². The normalized spacial score (nSPS) is 12.3. The maximum Gasteiger partial charge on any atom is 0.312 e. The number of hydrogen-bond donors (Lipinski definition) is 4. The van der Waals surface area contributed by atoms with Gasteiger partial charge in [0.15, 0.2) is 5.78 Å². The molecule has 0 bridgehead atoms. The van der Waals surface area contributed by atoms with E-state index in [9.17, 15) is 24.0 Å². The molecule has 266 valence electrons. The smallest absolute Gasteiger partial charge is 0.312 e. The van der Waals surface area contributed by atoms with Crippen molar-refractivity contribution in [1.29, 1.82) is 0 Å². The molecule has 4 amide bonds. The predicted molar refractivity (Wildman–Crippen MR) is 175 cm³/mol. The van der Waals surface area contributed by atoms with Crippen molar-refractivity contribution in [3.05, 3.63) is 29.8 Å². The van der Waals surface area contributed by atoms with Crippen LogP contribution in [0.1, 0.15) is 65.4 Å². The van der Waals surface area contributed by atoms with Crippen molar-refractivity contribution in [3.8, 4) is 0 Å². The number of rotatable bonds is 27. The summed E-state index contributed by atoms with van der Waals surface area (Å²) < 4.78 is 26.7. The van der Waals surface area contributed by atoms with Gasteiger partial charge in [-0.1, -0.05) is 32.9 Å². The van der Waals surface area contributed by atoms with E-state index in [0.29, 0.717) is 58.2 Å². The van der Waals surface area contributed by atoms with Gasteiger partial charge in [-0.2, -0.15) is 0 Å². The van der Waals surface area contributed by atoms with Gasteiger partial charge in [-0.25, -0.2) is 4.79 Å². The van der Waals surface area contributed by atoms with Crippen LogP contribution in [0, 0.1) is 11.8 Å². The molecule has 0 heterocycles. The summed E-state index contributed by atoms with van der Waals surface area (Å²) in [7, 11) is 0. The van der Waals surface area contributed by atoms with Gasteiger partial charge in [-0.05, 0) is 42.9 Å². The average molecular weight is 667 g/mol. The molecule has 1 rings (SSSR count). The van der Waals surface area contributed by atoms with Crippen LogP contribution in [0.4, 0.5) is 10.5 Å². The lowest BCUT2D eigenvalue weighted by molar-refractivity contribution is -0.142. The number of hydrogen-bond acceptors (Lipinski definition) is 10. The molecule has 2 atom stereocenters. The summed E-state index contributed by atoms with van der Waals surface area (Å²) in [4.78, 5) is 61.4. The van der Waals surface area contributed by atoms with Crippen molar-refractivity contribution < 1.29 is 47.7 Å². The zero-order valence-corrected chi connectivity index (χ0v) is 28.3. The molecule has 0 aliphatic carbocycles. The Morgan fingerprint density at radius 2 is 1.40 bits per heavy atom. The summed E-state index contributed by atoms with van der Waals surface area (Å²) >= 11 is 0. The Bertz CT molecular complexity index is 1070. The fourth-order valence-electron chi connectivity index (χ4n) is 4.30. The summed E-state index contributed by atoms with van der Waals surface area (Å²) in [5.41, 5.74) is 6.40. The molecule has 0 aromatic heterocycles. The number of urea groups is 1. The summed E-state index contributed by atoms with van der Waals surface area (Å²) in [6.45, 7) is 10.9. The number of Topliss-reactive ketones (excluding diaryl/α,β-unsaturated/α-hetero) is 1. The number of anilines is 1. The molecule has 1 aromatic carbocycles. The van der Waals surface area contributed by atoms with Crippen molar-refractivity contribution in [2.45, 2.75) is 72.4 Å². The van der Waals surface area contributed by atoms with E-state index in [0.717, 1.165) is 18.6 Å². The summed E-state index contributed by atoms with van der Waals surface area (Å²) in [5, 5.41) is 8.11. The average Bonchev–Trinajstić information content (AvgIpc) is 3.02. The van der Waals surface area contributed by atoms with Gasteiger partial charge in [-0.15, -0.1) is 0 Å². The maximum absolute atomic E-state index is 13.4. The molecule has 0 aliphatic heterocycles. The topological polar surface area (TPSA) is 194 Å². The number of carbonyl (C=O) groups is 5. The van der Waals surface area contributed by atoms with Crippen molar-refractivity contribution in [2.24, 2.45) is 17.6 Å². The second kappa shape index (κ2) is 25.5. The lowest BCUT2D eigenvalue weighted by Crippen LogP contribution is -2.45. The number of nitrogens with two attached hydrogens (primary N) is 1. The number of ketones is 1. The van der Waals surface area contributed by atoms with Gasteiger partial charge in [-0.3, -0.25) is 19.2 Å². The molecule has 0 aliphatic rings. The molecule has 0 fully saturated rings. The predicted octanol–water partition coefficient (Wildman–Crippen LogP) is 2.72. The molecule has 0 radical (unpaired) electrons. The fourth-order valence-corrected chi connectivity index (χ4v) is 4.30.